The SMILES string of the molecule is COC(=O)Cn1ccnc1CNC(=O)c1cc(S(=O)(=O)N2CCCC2)c(C)o1. The van der Waals surface area contributed by atoms with Crippen molar-refractivity contribution in [3.8, 4) is 0 Å². The first-order valence-electron chi connectivity index (χ1n) is 8.78. The number of nitrogens with one attached hydrogen (secondary N) is 1. The summed E-state index contributed by atoms with van der Waals surface area (Å²) in [4.78, 5) is 27.9. The van der Waals surface area contributed by atoms with Crippen LogP contribution < -0.4 is 5.32 Å². The second kappa shape index (κ2) is 8.15. The van der Waals surface area contributed by atoms with E-state index in [4.69, 9.17) is 4.42 Å². The lowest BCUT2D eigenvalue weighted by molar-refractivity contribution is -0.141. The van der Waals surface area contributed by atoms with Crippen LogP contribution in [0.4, 0.5) is 0 Å². The number of carbonyl (C=O) groups excluding carboxylic acids is 2. The van der Waals surface area contributed by atoms with E-state index < -0.39 is 21.9 Å². The van der Waals surface area contributed by atoms with E-state index >= 15 is 0 Å². The number of aryl methyl sites for hydroxylation is 1. The Bertz CT molecular complexity index is 972. The molecule has 0 unspecified atom stereocenters. The van der Waals surface area contributed by atoms with Gasteiger partial charge in [0.1, 0.15) is 23.0 Å². The average molecular weight is 410 g/mol. The van der Waals surface area contributed by atoms with E-state index in [1.54, 1.807) is 10.8 Å². The van der Waals surface area contributed by atoms with Gasteiger partial charge in [-0.25, -0.2) is 13.4 Å². The monoisotopic (exact) mass is 410 g/mol. The lowest BCUT2D eigenvalue weighted by Gasteiger charge is -2.14. The van der Waals surface area contributed by atoms with Gasteiger partial charge < -0.3 is 19.0 Å². The minimum atomic E-state index is -3.67. The molecule has 11 heteroatoms. The molecule has 2 aromatic heterocycles. The number of ether oxygens (including phenoxy) is 1. The fraction of sp³-hybridized carbons (Fsp3) is 0.471. The van der Waals surface area contributed by atoms with Crippen molar-refractivity contribution in [1.29, 1.82) is 0 Å². The van der Waals surface area contributed by atoms with E-state index in [0.29, 0.717) is 18.9 Å². The summed E-state index contributed by atoms with van der Waals surface area (Å²) in [6.45, 7) is 2.47. The topological polar surface area (TPSA) is 124 Å². The van der Waals surface area contributed by atoms with Crippen molar-refractivity contribution in [2.75, 3.05) is 20.2 Å². The molecule has 3 rings (SSSR count). The number of aromatic nitrogens is 2. The number of sulfonamides is 1. The van der Waals surface area contributed by atoms with Crippen molar-refractivity contribution in [3.05, 3.63) is 35.8 Å². The van der Waals surface area contributed by atoms with Crippen molar-refractivity contribution in [1.82, 2.24) is 19.2 Å². The quantitative estimate of drug-likeness (QED) is 0.665. The number of methoxy groups -OCH3 is 1. The molecule has 0 atom stereocenters. The first kappa shape index (κ1) is 20.1. The minimum absolute atomic E-state index is 0.00624. The predicted octanol–water partition coefficient (Wildman–Crippen LogP) is 0.672. The molecule has 0 bridgehead atoms. The van der Waals surface area contributed by atoms with Crippen molar-refractivity contribution >= 4 is 21.9 Å². The summed E-state index contributed by atoms with van der Waals surface area (Å²) < 4.78 is 38.3. The molecule has 1 amide bonds. The van der Waals surface area contributed by atoms with Crippen LogP contribution in [0.25, 0.3) is 0 Å². The summed E-state index contributed by atoms with van der Waals surface area (Å²) in [6.07, 6.45) is 4.74. The van der Waals surface area contributed by atoms with Crippen LogP contribution in [-0.4, -0.2) is 54.3 Å². The minimum Gasteiger partial charge on any atom is -0.468 e. The first-order valence-corrected chi connectivity index (χ1v) is 10.2. The molecule has 3 heterocycles. The first-order chi connectivity index (χ1) is 13.3. The highest BCUT2D eigenvalue weighted by Gasteiger charge is 2.31. The molecule has 1 saturated heterocycles. The number of rotatable bonds is 7. The molecule has 0 saturated carbocycles. The van der Waals surface area contributed by atoms with Crippen LogP contribution in [0.2, 0.25) is 0 Å². The maximum Gasteiger partial charge on any atom is 0.325 e. The van der Waals surface area contributed by atoms with E-state index in [1.165, 1.54) is 30.6 Å². The average Bonchev–Trinajstić information content (AvgIpc) is 3.40. The van der Waals surface area contributed by atoms with Crippen LogP contribution >= 0.6 is 0 Å². The highest BCUT2D eigenvalue weighted by Crippen LogP contribution is 2.26. The number of hydrogen-bond donors (Lipinski definition) is 1. The second-order valence-corrected chi connectivity index (χ2v) is 8.28. The number of hydrogen-bond acceptors (Lipinski definition) is 7. The van der Waals surface area contributed by atoms with Crippen molar-refractivity contribution in [2.45, 2.75) is 37.8 Å². The third-order valence-electron chi connectivity index (χ3n) is 4.51. The molecule has 0 aliphatic carbocycles. The van der Waals surface area contributed by atoms with E-state index in [0.717, 1.165) is 12.8 Å². The number of furan rings is 1. The molecule has 10 nitrogen and oxygen atoms in total. The van der Waals surface area contributed by atoms with Gasteiger partial charge in [-0.15, -0.1) is 0 Å². The Labute approximate surface area is 162 Å². The van der Waals surface area contributed by atoms with Crippen molar-refractivity contribution < 1.29 is 27.2 Å². The summed E-state index contributed by atoms with van der Waals surface area (Å²) in [7, 11) is -2.39. The summed E-state index contributed by atoms with van der Waals surface area (Å²) >= 11 is 0. The zero-order valence-electron chi connectivity index (χ0n) is 15.7. The zero-order chi connectivity index (χ0) is 20.3. The molecule has 0 aromatic carbocycles. The zero-order valence-corrected chi connectivity index (χ0v) is 16.5. The third-order valence-corrected chi connectivity index (χ3v) is 6.52. The third kappa shape index (κ3) is 4.09. The Kier molecular flexibility index (Phi) is 5.84. The lowest BCUT2D eigenvalue weighted by Crippen LogP contribution is -2.28. The molecule has 0 radical (unpaired) electrons. The smallest absolute Gasteiger partial charge is 0.325 e. The van der Waals surface area contributed by atoms with Crippen LogP contribution in [-0.2, 0) is 32.6 Å². The summed E-state index contributed by atoms with van der Waals surface area (Å²) in [5.74, 6) is -0.486. The van der Waals surface area contributed by atoms with Gasteiger partial charge in [0, 0.05) is 31.5 Å². The van der Waals surface area contributed by atoms with Crippen LogP contribution in [0.5, 0.6) is 0 Å². The predicted molar refractivity (Wildman–Crippen MR) is 96.9 cm³/mol. The Hall–Kier alpha value is -2.66. The van der Waals surface area contributed by atoms with Gasteiger partial charge in [0.05, 0.1) is 13.7 Å². The molecule has 2 aromatic rings. The van der Waals surface area contributed by atoms with Gasteiger partial charge in [-0.3, -0.25) is 9.59 Å². The summed E-state index contributed by atoms with van der Waals surface area (Å²) in [6, 6.07) is 1.25. The lowest BCUT2D eigenvalue weighted by atomic mass is 10.4. The maximum atomic E-state index is 12.7. The standard InChI is InChI=1S/C17H22N4O6S/c1-12-14(28(24,25)21-6-3-4-7-21)9-13(27-12)17(23)19-10-15-18-5-8-20(15)11-16(22)26-2/h5,8-9H,3-4,6-7,10-11H2,1-2H3,(H,19,23). The van der Waals surface area contributed by atoms with Gasteiger partial charge in [0.25, 0.3) is 5.91 Å². The normalized spacial score (nSPS) is 14.9. The van der Waals surface area contributed by atoms with Gasteiger partial charge in [-0.05, 0) is 19.8 Å². The fourth-order valence-corrected chi connectivity index (χ4v) is 4.68. The molecule has 1 aliphatic heterocycles. The van der Waals surface area contributed by atoms with Gasteiger partial charge in [-0.1, -0.05) is 0 Å². The van der Waals surface area contributed by atoms with Gasteiger partial charge in [-0.2, -0.15) is 4.31 Å². The number of nitrogens with zero attached hydrogens (tertiary/aromatic N) is 3. The van der Waals surface area contributed by atoms with Crippen LogP contribution in [0.1, 0.15) is 35.0 Å². The Morgan fingerprint density at radius 2 is 2.04 bits per heavy atom. The van der Waals surface area contributed by atoms with E-state index in [1.807, 2.05) is 0 Å². The largest absolute Gasteiger partial charge is 0.468 e. The Morgan fingerprint density at radius 1 is 1.32 bits per heavy atom. The Morgan fingerprint density at radius 3 is 2.71 bits per heavy atom. The number of esters is 1. The molecule has 1 N–H and O–H groups in total. The van der Waals surface area contributed by atoms with Gasteiger partial charge in [0.2, 0.25) is 10.0 Å². The van der Waals surface area contributed by atoms with Crippen LogP contribution in [0, 0.1) is 6.92 Å². The van der Waals surface area contributed by atoms with Gasteiger partial charge in [0.15, 0.2) is 5.76 Å². The number of imidazole rings is 1. The fourth-order valence-electron chi connectivity index (χ4n) is 3.00. The highest BCUT2D eigenvalue weighted by atomic mass is 32.2. The van der Waals surface area contributed by atoms with E-state index in [-0.39, 0.29) is 29.5 Å². The molecule has 152 valence electrons. The Balaban J connectivity index is 1.69. The number of carbonyl (C=O) groups is 2. The maximum absolute atomic E-state index is 12.7. The summed E-state index contributed by atoms with van der Waals surface area (Å²) in [5.41, 5.74) is 0. The molecular formula is C17H22N4O6S. The molecule has 28 heavy (non-hydrogen) atoms. The molecule has 1 fully saturated rings. The molecular weight excluding hydrogens is 388 g/mol. The second-order valence-electron chi connectivity index (χ2n) is 6.37. The van der Waals surface area contributed by atoms with Crippen LogP contribution in [0.3, 0.4) is 0 Å². The number of amides is 1. The van der Waals surface area contributed by atoms with E-state index in [9.17, 15) is 18.0 Å². The molecule has 1 aliphatic rings. The highest BCUT2D eigenvalue weighted by molar-refractivity contribution is 7.89. The van der Waals surface area contributed by atoms with Gasteiger partial charge >= 0.3 is 5.97 Å². The van der Waals surface area contributed by atoms with Crippen molar-refractivity contribution in [2.24, 2.45) is 0 Å². The van der Waals surface area contributed by atoms with Crippen LogP contribution in [0.15, 0.2) is 27.8 Å². The molecule has 0 spiro atoms. The van der Waals surface area contributed by atoms with Crippen molar-refractivity contribution in [3.63, 3.8) is 0 Å². The summed E-state index contributed by atoms with van der Waals surface area (Å²) in [5, 5.41) is 2.62. The van der Waals surface area contributed by atoms with E-state index in [2.05, 4.69) is 15.0 Å².